The fraction of sp³-hybridized carbons (Fsp3) is 0.0833. The van der Waals surface area contributed by atoms with Gasteiger partial charge < -0.3 is 31.3 Å². The fourth-order valence-electron chi connectivity index (χ4n) is 3.55. The number of aromatic hydroxyl groups is 1. The molecule has 0 aliphatic heterocycles. The Hall–Kier alpha value is -5.26. The van der Waals surface area contributed by atoms with Crippen molar-refractivity contribution in [1.29, 1.82) is 0 Å². The lowest BCUT2D eigenvalue weighted by molar-refractivity contribution is -0.114. The summed E-state index contributed by atoms with van der Waals surface area (Å²) in [5, 5.41) is 38.2. The number of carbonyl (C=O) groups excluding carboxylic acids is 1. The fourth-order valence-corrected chi connectivity index (χ4v) is 3.55. The summed E-state index contributed by atoms with van der Waals surface area (Å²) >= 11 is 0. The third kappa shape index (κ3) is 5.12. The lowest BCUT2D eigenvalue weighted by atomic mass is 10.0. The van der Waals surface area contributed by atoms with Crippen LogP contribution in [0.15, 0.2) is 48.5 Å². The number of aryl methyl sites for hydroxylation is 1. The van der Waals surface area contributed by atoms with E-state index < -0.39 is 17.9 Å². The maximum Gasteiger partial charge on any atom is 0.338 e. The van der Waals surface area contributed by atoms with E-state index in [4.69, 9.17) is 0 Å². The SMILES string of the molecule is CC(=O)Nc1cc(Nc2nc(O)nc(Nc3ccc4cc(C(=O)O)ccc4c3C(=O)O)n2)ccc1C. The number of aromatic carboxylic acids is 2. The maximum atomic E-state index is 12.1. The van der Waals surface area contributed by atoms with Crippen LogP contribution in [-0.4, -0.2) is 48.1 Å². The number of amides is 1. The largest absolute Gasteiger partial charge is 0.479 e. The van der Waals surface area contributed by atoms with Crippen molar-refractivity contribution in [2.24, 2.45) is 0 Å². The van der Waals surface area contributed by atoms with E-state index >= 15 is 0 Å². The summed E-state index contributed by atoms with van der Waals surface area (Å²) in [5.74, 6) is -2.79. The Bertz CT molecular complexity index is 1540. The Kier molecular flexibility index (Phi) is 6.33. The number of nitrogens with one attached hydrogen (secondary N) is 3. The van der Waals surface area contributed by atoms with Crippen molar-refractivity contribution in [3.05, 3.63) is 65.2 Å². The summed E-state index contributed by atoms with van der Waals surface area (Å²) < 4.78 is 0. The van der Waals surface area contributed by atoms with E-state index in [9.17, 15) is 29.7 Å². The second kappa shape index (κ2) is 9.54. The van der Waals surface area contributed by atoms with Gasteiger partial charge in [-0.1, -0.05) is 18.2 Å². The van der Waals surface area contributed by atoms with Crippen LogP contribution in [0.4, 0.5) is 29.0 Å². The normalized spacial score (nSPS) is 10.6. The van der Waals surface area contributed by atoms with Gasteiger partial charge in [0.1, 0.15) is 0 Å². The van der Waals surface area contributed by atoms with Gasteiger partial charge in [-0.15, -0.1) is 0 Å². The van der Waals surface area contributed by atoms with Crippen LogP contribution in [0.1, 0.15) is 33.2 Å². The monoisotopic (exact) mass is 488 g/mol. The molecule has 1 amide bonds. The molecule has 0 saturated carbocycles. The van der Waals surface area contributed by atoms with Gasteiger partial charge >= 0.3 is 17.9 Å². The maximum absolute atomic E-state index is 12.1. The second-order valence-electron chi connectivity index (χ2n) is 7.78. The number of carboxylic acids is 2. The van der Waals surface area contributed by atoms with Crippen LogP contribution < -0.4 is 16.0 Å². The smallest absolute Gasteiger partial charge is 0.338 e. The molecule has 182 valence electrons. The van der Waals surface area contributed by atoms with E-state index in [1.165, 1.54) is 31.2 Å². The Morgan fingerprint density at radius 3 is 2.19 bits per heavy atom. The van der Waals surface area contributed by atoms with Crippen molar-refractivity contribution in [2.75, 3.05) is 16.0 Å². The number of carboxylic acid groups (broad SMARTS) is 2. The lowest BCUT2D eigenvalue weighted by Crippen LogP contribution is -2.09. The molecule has 4 aromatic rings. The minimum Gasteiger partial charge on any atom is -0.479 e. The zero-order valence-corrected chi connectivity index (χ0v) is 19.0. The van der Waals surface area contributed by atoms with Crippen LogP contribution in [0.5, 0.6) is 6.01 Å². The van der Waals surface area contributed by atoms with Crippen LogP contribution in [0, 0.1) is 6.92 Å². The molecule has 12 heteroatoms. The molecular formula is C24H20N6O6. The molecule has 4 rings (SSSR count). The molecule has 0 aliphatic rings. The Morgan fingerprint density at radius 2 is 1.53 bits per heavy atom. The van der Waals surface area contributed by atoms with E-state index in [-0.39, 0.29) is 34.6 Å². The van der Waals surface area contributed by atoms with E-state index in [0.29, 0.717) is 22.1 Å². The Balaban J connectivity index is 1.67. The van der Waals surface area contributed by atoms with Gasteiger partial charge in [0.15, 0.2) is 0 Å². The zero-order chi connectivity index (χ0) is 26.0. The van der Waals surface area contributed by atoms with Crippen molar-refractivity contribution >= 4 is 57.6 Å². The van der Waals surface area contributed by atoms with Crippen molar-refractivity contribution in [1.82, 2.24) is 15.0 Å². The quantitative estimate of drug-likeness (QED) is 0.222. The molecule has 36 heavy (non-hydrogen) atoms. The molecule has 0 aliphatic carbocycles. The summed E-state index contributed by atoms with van der Waals surface area (Å²) in [6.45, 7) is 3.22. The predicted molar refractivity (Wildman–Crippen MR) is 131 cm³/mol. The Labute approximate surface area is 203 Å². The summed E-state index contributed by atoms with van der Waals surface area (Å²) in [7, 11) is 0. The van der Waals surface area contributed by atoms with E-state index in [1.807, 2.05) is 6.92 Å². The van der Waals surface area contributed by atoms with Gasteiger partial charge in [0.25, 0.3) is 0 Å². The predicted octanol–water partition coefficient (Wildman–Crippen LogP) is 3.88. The number of nitrogens with zero attached hydrogens (tertiary/aromatic N) is 3. The number of hydrogen-bond acceptors (Lipinski definition) is 9. The number of rotatable bonds is 7. The molecule has 0 radical (unpaired) electrons. The molecule has 12 nitrogen and oxygen atoms in total. The third-order valence-electron chi connectivity index (χ3n) is 5.16. The number of aromatic nitrogens is 3. The average molecular weight is 488 g/mol. The van der Waals surface area contributed by atoms with Crippen LogP contribution in [0.3, 0.4) is 0 Å². The van der Waals surface area contributed by atoms with Crippen LogP contribution in [-0.2, 0) is 4.79 Å². The number of fused-ring (bicyclic) bond motifs is 1. The molecule has 1 aromatic heterocycles. The summed E-state index contributed by atoms with van der Waals surface area (Å²) in [4.78, 5) is 46.6. The first kappa shape index (κ1) is 23.9. The van der Waals surface area contributed by atoms with Crippen LogP contribution in [0.25, 0.3) is 10.8 Å². The van der Waals surface area contributed by atoms with Gasteiger partial charge in [-0.25, -0.2) is 9.59 Å². The van der Waals surface area contributed by atoms with Crippen molar-refractivity contribution < 1.29 is 29.7 Å². The highest BCUT2D eigenvalue weighted by Gasteiger charge is 2.18. The van der Waals surface area contributed by atoms with Crippen molar-refractivity contribution in [3.8, 4) is 6.01 Å². The number of hydrogen-bond donors (Lipinski definition) is 6. The van der Waals surface area contributed by atoms with Crippen LogP contribution in [0.2, 0.25) is 0 Å². The minimum atomic E-state index is -1.26. The molecule has 0 atom stereocenters. The van der Waals surface area contributed by atoms with Gasteiger partial charge in [0.05, 0.1) is 16.8 Å². The summed E-state index contributed by atoms with van der Waals surface area (Å²) in [6.07, 6.45) is 0. The van der Waals surface area contributed by atoms with Gasteiger partial charge in [-0.2, -0.15) is 15.0 Å². The summed E-state index contributed by atoms with van der Waals surface area (Å²) in [6, 6.07) is 11.7. The molecular weight excluding hydrogens is 468 g/mol. The molecule has 0 saturated heterocycles. The first-order chi connectivity index (χ1) is 17.1. The minimum absolute atomic E-state index is 0.0235. The molecule has 0 unspecified atom stereocenters. The molecule has 6 N–H and O–H groups in total. The molecule has 1 heterocycles. The van der Waals surface area contributed by atoms with Crippen molar-refractivity contribution in [3.63, 3.8) is 0 Å². The van der Waals surface area contributed by atoms with E-state index in [1.54, 1.807) is 24.3 Å². The average Bonchev–Trinajstić information content (AvgIpc) is 2.79. The molecule has 3 aromatic carbocycles. The zero-order valence-electron chi connectivity index (χ0n) is 19.0. The second-order valence-corrected chi connectivity index (χ2v) is 7.78. The third-order valence-corrected chi connectivity index (χ3v) is 5.16. The van der Waals surface area contributed by atoms with Gasteiger partial charge in [0.2, 0.25) is 17.8 Å². The number of anilines is 5. The summed E-state index contributed by atoms with van der Waals surface area (Å²) in [5.41, 5.74) is 1.96. The lowest BCUT2D eigenvalue weighted by Gasteiger charge is -2.13. The van der Waals surface area contributed by atoms with E-state index in [0.717, 1.165) is 5.56 Å². The highest BCUT2D eigenvalue weighted by Crippen LogP contribution is 2.30. The first-order valence-corrected chi connectivity index (χ1v) is 10.5. The first-order valence-electron chi connectivity index (χ1n) is 10.5. The standard InChI is InChI=1S/C24H20N6O6/c1-11-3-6-15(10-18(11)25-12(2)31)26-22-28-23(30-24(36)29-22)27-17-8-5-13-9-14(20(32)33)4-7-16(13)19(17)21(34)35/h3-10H,1-2H3,(H,25,31)(H,32,33)(H,34,35)(H3,26,27,28,29,30,36). The topological polar surface area (TPSA) is 187 Å². The van der Waals surface area contributed by atoms with Gasteiger partial charge in [-0.05, 0) is 53.6 Å². The highest BCUT2D eigenvalue weighted by molar-refractivity contribution is 6.10. The highest BCUT2D eigenvalue weighted by atomic mass is 16.4. The Morgan fingerprint density at radius 1 is 0.806 bits per heavy atom. The van der Waals surface area contributed by atoms with Gasteiger partial charge in [0, 0.05) is 18.3 Å². The molecule has 0 bridgehead atoms. The number of carbonyl (C=O) groups is 3. The van der Waals surface area contributed by atoms with E-state index in [2.05, 4.69) is 30.9 Å². The molecule has 0 spiro atoms. The van der Waals surface area contributed by atoms with Crippen molar-refractivity contribution in [2.45, 2.75) is 13.8 Å². The van der Waals surface area contributed by atoms with Crippen LogP contribution >= 0.6 is 0 Å². The molecule has 0 fully saturated rings. The van der Waals surface area contributed by atoms with Gasteiger partial charge in [-0.3, -0.25) is 4.79 Å². The number of benzene rings is 3.